The van der Waals surface area contributed by atoms with Gasteiger partial charge in [-0.2, -0.15) is 0 Å². The number of nitrogens with one attached hydrogen (secondary N) is 2. The summed E-state index contributed by atoms with van der Waals surface area (Å²) in [5, 5.41) is 5.81. The normalized spacial score (nSPS) is 21.2. The van der Waals surface area contributed by atoms with E-state index in [4.69, 9.17) is 0 Å². The van der Waals surface area contributed by atoms with Crippen LogP contribution in [0.1, 0.15) is 28.8 Å². The van der Waals surface area contributed by atoms with E-state index in [0.717, 1.165) is 11.3 Å². The van der Waals surface area contributed by atoms with Gasteiger partial charge < -0.3 is 10.6 Å². The smallest absolute Gasteiger partial charge is 0.253 e. The highest BCUT2D eigenvalue weighted by Crippen LogP contribution is 2.18. The minimum Gasteiger partial charge on any atom is -0.387 e. The molecular formula is C14H20N2O3S. The number of sulfone groups is 1. The van der Waals surface area contributed by atoms with Gasteiger partial charge in [-0.15, -0.1) is 0 Å². The molecule has 0 saturated carbocycles. The van der Waals surface area contributed by atoms with Crippen molar-refractivity contribution in [3.8, 4) is 0 Å². The third-order valence-corrected chi connectivity index (χ3v) is 5.31. The summed E-state index contributed by atoms with van der Waals surface area (Å²) < 4.78 is 23.2. The number of aryl methyl sites for hydroxylation is 1. The van der Waals surface area contributed by atoms with Crippen LogP contribution >= 0.6 is 0 Å². The maximum atomic E-state index is 12.3. The van der Waals surface area contributed by atoms with Crippen molar-refractivity contribution in [2.45, 2.75) is 25.8 Å². The van der Waals surface area contributed by atoms with Crippen LogP contribution < -0.4 is 10.6 Å². The molecular weight excluding hydrogens is 276 g/mol. The molecule has 1 aromatic rings. The minimum atomic E-state index is -3.01. The fourth-order valence-electron chi connectivity index (χ4n) is 2.46. The highest BCUT2D eigenvalue weighted by molar-refractivity contribution is 7.91. The van der Waals surface area contributed by atoms with Crippen molar-refractivity contribution in [1.29, 1.82) is 0 Å². The highest BCUT2D eigenvalue weighted by Gasteiger charge is 2.26. The molecule has 2 rings (SSSR count). The van der Waals surface area contributed by atoms with Crippen molar-refractivity contribution in [2.75, 3.05) is 23.9 Å². The van der Waals surface area contributed by atoms with Gasteiger partial charge in [-0.25, -0.2) is 8.42 Å². The second kappa shape index (κ2) is 5.83. The Morgan fingerprint density at radius 2 is 2.10 bits per heavy atom. The summed E-state index contributed by atoms with van der Waals surface area (Å²) in [5.74, 6) is 0.0468. The molecule has 1 atom stereocenters. The molecule has 0 aromatic heterocycles. The van der Waals surface area contributed by atoms with Gasteiger partial charge in [0, 0.05) is 18.8 Å². The van der Waals surface area contributed by atoms with E-state index in [9.17, 15) is 13.2 Å². The van der Waals surface area contributed by atoms with Crippen molar-refractivity contribution in [3.63, 3.8) is 0 Å². The van der Waals surface area contributed by atoms with Crippen molar-refractivity contribution < 1.29 is 13.2 Å². The summed E-state index contributed by atoms with van der Waals surface area (Å²) in [7, 11) is -1.26. The maximum Gasteiger partial charge on any atom is 0.253 e. The van der Waals surface area contributed by atoms with E-state index in [2.05, 4.69) is 10.6 Å². The second-order valence-corrected chi connectivity index (χ2v) is 7.45. The van der Waals surface area contributed by atoms with Crippen LogP contribution in [-0.2, 0) is 9.84 Å². The van der Waals surface area contributed by atoms with Crippen LogP contribution in [0.25, 0.3) is 0 Å². The van der Waals surface area contributed by atoms with Crippen molar-refractivity contribution in [2.24, 2.45) is 0 Å². The number of anilines is 1. The van der Waals surface area contributed by atoms with E-state index in [1.807, 2.05) is 19.1 Å². The van der Waals surface area contributed by atoms with E-state index in [0.29, 0.717) is 18.4 Å². The lowest BCUT2D eigenvalue weighted by Crippen LogP contribution is -2.43. The Hall–Kier alpha value is -1.56. The lowest BCUT2D eigenvalue weighted by molar-refractivity contribution is 0.0939. The molecule has 110 valence electrons. The van der Waals surface area contributed by atoms with Gasteiger partial charge in [0.2, 0.25) is 0 Å². The minimum absolute atomic E-state index is 0.0411. The number of carbonyl (C=O) groups is 1. The quantitative estimate of drug-likeness (QED) is 0.882. The van der Waals surface area contributed by atoms with Crippen LogP contribution in [-0.4, -0.2) is 38.9 Å². The fraction of sp³-hybridized carbons (Fsp3) is 0.500. The lowest BCUT2D eigenvalue weighted by Gasteiger charge is -2.23. The summed E-state index contributed by atoms with van der Waals surface area (Å²) in [6.45, 7) is 1.92. The maximum absolute atomic E-state index is 12.3. The summed E-state index contributed by atoms with van der Waals surface area (Å²) in [6.07, 6.45) is 1.33. The number of rotatable bonds is 3. The number of carbonyl (C=O) groups excluding carboxylic acids is 1. The van der Waals surface area contributed by atoms with E-state index in [-0.39, 0.29) is 23.5 Å². The Morgan fingerprint density at radius 1 is 1.35 bits per heavy atom. The van der Waals surface area contributed by atoms with Gasteiger partial charge in [-0.05, 0) is 31.9 Å². The van der Waals surface area contributed by atoms with E-state index in [1.165, 1.54) is 0 Å². The topological polar surface area (TPSA) is 75.3 Å². The van der Waals surface area contributed by atoms with Gasteiger partial charge in [0.15, 0.2) is 9.84 Å². The fourth-order valence-corrected chi connectivity index (χ4v) is 4.10. The van der Waals surface area contributed by atoms with E-state index >= 15 is 0 Å². The van der Waals surface area contributed by atoms with Crippen LogP contribution in [0.15, 0.2) is 18.2 Å². The van der Waals surface area contributed by atoms with E-state index in [1.54, 1.807) is 13.1 Å². The zero-order valence-electron chi connectivity index (χ0n) is 11.8. The molecule has 2 N–H and O–H groups in total. The summed E-state index contributed by atoms with van der Waals surface area (Å²) >= 11 is 0. The molecule has 1 aliphatic rings. The number of hydrogen-bond acceptors (Lipinski definition) is 4. The molecule has 1 fully saturated rings. The molecule has 5 nitrogen and oxygen atoms in total. The number of benzene rings is 1. The van der Waals surface area contributed by atoms with Crippen LogP contribution in [0.5, 0.6) is 0 Å². The van der Waals surface area contributed by atoms with E-state index < -0.39 is 9.84 Å². The highest BCUT2D eigenvalue weighted by atomic mass is 32.2. The monoisotopic (exact) mass is 296 g/mol. The van der Waals surface area contributed by atoms with Crippen LogP contribution in [0.2, 0.25) is 0 Å². The molecule has 6 heteroatoms. The average Bonchev–Trinajstić information content (AvgIpc) is 2.37. The summed E-state index contributed by atoms with van der Waals surface area (Å²) in [6, 6.07) is 5.29. The molecule has 0 radical (unpaired) electrons. The van der Waals surface area contributed by atoms with Crippen molar-refractivity contribution in [1.82, 2.24) is 5.32 Å². The number of amides is 1. The van der Waals surface area contributed by atoms with Crippen molar-refractivity contribution >= 4 is 21.4 Å². The molecule has 1 heterocycles. The van der Waals surface area contributed by atoms with Gasteiger partial charge >= 0.3 is 0 Å². The second-order valence-electron chi connectivity index (χ2n) is 5.23. The first-order chi connectivity index (χ1) is 9.41. The Kier molecular flexibility index (Phi) is 4.32. The van der Waals surface area contributed by atoms with Crippen molar-refractivity contribution in [3.05, 3.63) is 29.3 Å². The summed E-state index contributed by atoms with van der Waals surface area (Å²) in [4.78, 5) is 12.3. The zero-order chi connectivity index (χ0) is 14.8. The van der Waals surface area contributed by atoms with Crippen LogP contribution in [0.3, 0.4) is 0 Å². The molecule has 0 spiro atoms. The summed E-state index contributed by atoms with van der Waals surface area (Å²) in [5.41, 5.74) is 2.28. The lowest BCUT2D eigenvalue weighted by atomic mass is 10.1. The molecule has 0 aliphatic carbocycles. The Bertz CT molecular complexity index is 611. The molecule has 1 saturated heterocycles. The Labute approximate surface area is 119 Å². The molecule has 0 bridgehead atoms. The SMILES string of the molecule is CNc1ccc(C)cc1C(=O)NC1CCCS(=O)(=O)C1. The zero-order valence-corrected chi connectivity index (χ0v) is 12.6. The van der Waals surface area contributed by atoms with Crippen LogP contribution in [0.4, 0.5) is 5.69 Å². The third kappa shape index (κ3) is 3.50. The first kappa shape index (κ1) is 14.8. The molecule has 1 unspecified atom stereocenters. The predicted molar refractivity (Wildman–Crippen MR) is 79.9 cm³/mol. The van der Waals surface area contributed by atoms with Gasteiger partial charge in [-0.3, -0.25) is 4.79 Å². The average molecular weight is 296 g/mol. The Morgan fingerprint density at radius 3 is 2.75 bits per heavy atom. The molecule has 1 amide bonds. The number of hydrogen-bond donors (Lipinski definition) is 2. The van der Waals surface area contributed by atoms with Gasteiger partial charge in [0.25, 0.3) is 5.91 Å². The molecule has 1 aromatic carbocycles. The Balaban J connectivity index is 2.14. The first-order valence-electron chi connectivity index (χ1n) is 6.71. The van der Waals surface area contributed by atoms with Crippen LogP contribution in [0, 0.1) is 6.92 Å². The first-order valence-corrected chi connectivity index (χ1v) is 8.53. The predicted octanol–water partition coefficient (Wildman–Crippen LogP) is 1.34. The van der Waals surface area contributed by atoms with Gasteiger partial charge in [0.05, 0.1) is 17.1 Å². The largest absolute Gasteiger partial charge is 0.387 e. The molecule has 1 aliphatic heterocycles. The van der Waals surface area contributed by atoms with Gasteiger partial charge in [-0.1, -0.05) is 11.6 Å². The third-order valence-electron chi connectivity index (χ3n) is 3.49. The standard InChI is InChI=1S/C14H20N2O3S/c1-10-5-6-13(15-2)12(8-10)14(17)16-11-4-3-7-20(18,19)9-11/h5-6,8,11,15H,3-4,7,9H2,1-2H3,(H,16,17). The van der Waals surface area contributed by atoms with Gasteiger partial charge in [0.1, 0.15) is 0 Å². The molecule has 20 heavy (non-hydrogen) atoms.